The summed E-state index contributed by atoms with van der Waals surface area (Å²) in [5, 5.41) is 3.26. The summed E-state index contributed by atoms with van der Waals surface area (Å²) in [6.07, 6.45) is 6.94. The fourth-order valence-electron chi connectivity index (χ4n) is 4.58. The van der Waals surface area contributed by atoms with Crippen molar-refractivity contribution in [3.05, 3.63) is 11.6 Å². The largest absolute Gasteiger partial charge is 0.343 e. The maximum absolute atomic E-state index is 13.5. The van der Waals surface area contributed by atoms with Crippen LogP contribution in [-0.2, 0) is 9.59 Å². The van der Waals surface area contributed by atoms with E-state index in [-0.39, 0.29) is 30.1 Å². The van der Waals surface area contributed by atoms with Crippen LogP contribution in [0.3, 0.4) is 0 Å². The zero-order valence-electron chi connectivity index (χ0n) is 18.3. The van der Waals surface area contributed by atoms with Crippen LogP contribution in [-0.4, -0.2) is 65.1 Å². The van der Waals surface area contributed by atoms with Crippen LogP contribution in [0.1, 0.15) is 66.2 Å². The molecule has 1 aliphatic carbocycles. The first-order valence-corrected chi connectivity index (χ1v) is 11.2. The average molecular weight is 402 g/mol. The molecule has 29 heavy (non-hydrogen) atoms. The molecular formula is C22H35N5O2. The quantitative estimate of drug-likeness (QED) is 0.679. The van der Waals surface area contributed by atoms with E-state index in [0.29, 0.717) is 25.9 Å². The van der Waals surface area contributed by atoms with Gasteiger partial charge in [0.15, 0.2) is 6.29 Å². The smallest absolute Gasteiger partial charge is 0.235 e. The Bertz CT molecular complexity index is 717. The Morgan fingerprint density at radius 2 is 1.90 bits per heavy atom. The first-order chi connectivity index (χ1) is 14.0. The molecule has 2 heterocycles. The van der Waals surface area contributed by atoms with Gasteiger partial charge in [-0.05, 0) is 46.6 Å². The highest BCUT2D eigenvalue weighted by Gasteiger charge is 2.41. The Hall–Kier alpha value is -2.02. The number of rotatable bonds is 8. The van der Waals surface area contributed by atoms with Gasteiger partial charge in [-0.3, -0.25) is 19.8 Å². The lowest BCUT2D eigenvalue weighted by Gasteiger charge is -2.39. The van der Waals surface area contributed by atoms with Crippen LogP contribution in [0.25, 0.3) is 0 Å². The molecule has 2 unspecified atom stereocenters. The Morgan fingerprint density at radius 1 is 1.21 bits per heavy atom. The highest BCUT2D eigenvalue weighted by atomic mass is 16.2. The Kier molecular flexibility index (Phi) is 7.22. The molecular weight excluding hydrogens is 366 g/mol. The van der Waals surface area contributed by atoms with Crippen molar-refractivity contribution in [2.45, 2.75) is 78.6 Å². The number of carbonyl (C=O) groups is 2. The molecule has 1 saturated carbocycles. The SMILES string of the molecule is CCNC1N=C(C)C2=CC(CCC(=O)N(CC)CC)C(=O)N(C3CCCC3)C2=N1. The molecule has 2 amide bonds. The maximum atomic E-state index is 13.5. The number of nitrogens with zero attached hydrogens (tertiary/aromatic N) is 4. The maximum Gasteiger partial charge on any atom is 0.235 e. The summed E-state index contributed by atoms with van der Waals surface area (Å²) in [7, 11) is 0. The molecule has 160 valence electrons. The normalized spacial score (nSPS) is 24.8. The van der Waals surface area contributed by atoms with Gasteiger partial charge in [0, 0.05) is 36.8 Å². The van der Waals surface area contributed by atoms with Crippen molar-refractivity contribution in [2.24, 2.45) is 15.9 Å². The lowest BCUT2D eigenvalue weighted by atomic mass is 9.89. The van der Waals surface area contributed by atoms with E-state index >= 15 is 0 Å². The molecule has 0 aromatic heterocycles. The van der Waals surface area contributed by atoms with Crippen molar-refractivity contribution in [3.63, 3.8) is 0 Å². The fourth-order valence-corrected chi connectivity index (χ4v) is 4.58. The molecule has 1 N–H and O–H groups in total. The molecule has 1 fully saturated rings. The van der Waals surface area contributed by atoms with E-state index in [2.05, 4.69) is 10.3 Å². The third-order valence-corrected chi connectivity index (χ3v) is 6.20. The second kappa shape index (κ2) is 9.65. The van der Waals surface area contributed by atoms with Crippen LogP contribution in [0.4, 0.5) is 0 Å². The Labute approximate surface area is 174 Å². The zero-order chi connectivity index (χ0) is 21.0. The molecule has 0 aromatic rings. The van der Waals surface area contributed by atoms with E-state index in [0.717, 1.165) is 49.3 Å². The molecule has 0 aromatic carbocycles. The molecule has 0 radical (unpaired) electrons. The second-order valence-electron chi connectivity index (χ2n) is 8.04. The molecule has 0 saturated heterocycles. The highest BCUT2D eigenvalue weighted by Crippen LogP contribution is 2.33. The molecule has 7 heteroatoms. The van der Waals surface area contributed by atoms with Crippen molar-refractivity contribution in [1.82, 2.24) is 15.1 Å². The number of fused-ring (bicyclic) bond motifs is 1. The van der Waals surface area contributed by atoms with Gasteiger partial charge in [-0.2, -0.15) is 0 Å². The number of hydrogen-bond acceptors (Lipinski definition) is 5. The minimum absolute atomic E-state index is 0.0942. The molecule has 0 spiro atoms. The molecule has 3 rings (SSSR count). The predicted molar refractivity (Wildman–Crippen MR) is 116 cm³/mol. The van der Waals surface area contributed by atoms with Gasteiger partial charge in [0.2, 0.25) is 11.8 Å². The summed E-state index contributed by atoms with van der Waals surface area (Å²) < 4.78 is 0. The topological polar surface area (TPSA) is 77.4 Å². The summed E-state index contributed by atoms with van der Waals surface area (Å²) in [5.74, 6) is 0.697. The third kappa shape index (κ3) is 4.60. The Balaban J connectivity index is 1.86. The van der Waals surface area contributed by atoms with Crippen molar-refractivity contribution in [2.75, 3.05) is 19.6 Å². The first-order valence-electron chi connectivity index (χ1n) is 11.2. The van der Waals surface area contributed by atoms with Crippen molar-refractivity contribution >= 4 is 23.4 Å². The Morgan fingerprint density at radius 3 is 2.52 bits per heavy atom. The van der Waals surface area contributed by atoms with E-state index in [1.165, 1.54) is 0 Å². The summed E-state index contributed by atoms with van der Waals surface area (Å²) in [5.41, 5.74) is 1.88. The third-order valence-electron chi connectivity index (χ3n) is 6.20. The number of amides is 2. The molecule has 2 atom stereocenters. The van der Waals surface area contributed by atoms with E-state index in [9.17, 15) is 9.59 Å². The van der Waals surface area contributed by atoms with Crippen LogP contribution in [0.2, 0.25) is 0 Å². The summed E-state index contributed by atoms with van der Waals surface area (Å²) in [6, 6.07) is 0.208. The van der Waals surface area contributed by atoms with Crippen molar-refractivity contribution < 1.29 is 9.59 Å². The summed E-state index contributed by atoms with van der Waals surface area (Å²) in [6.45, 7) is 10.2. The molecule has 7 nitrogen and oxygen atoms in total. The number of aliphatic imine (C=N–C) groups is 2. The molecule has 3 aliphatic rings. The van der Waals surface area contributed by atoms with Crippen molar-refractivity contribution in [1.29, 1.82) is 0 Å². The van der Waals surface area contributed by atoms with Gasteiger partial charge < -0.3 is 4.90 Å². The lowest BCUT2D eigenvalue weighted by Crippen LogP contribution is -2.52. The van der Waals surface area contributed by atoms with Gasteiger partial charge in [-0.15, -0.1) is 0 Å². The molecule has 0 bridgehead atoms. The number of hydrogen-bond donors (Lipinski definition) is 1. The van der Waals surface area contributed by atoms with E-state index in [1.807, 2.05) is 43.6 Å². The molecule has 2 aliphatic heterocycles. The highest BCUT2D eigenvalue weighted by molar-refractivity contribution is 6.28. The van der Waals surface area contributed by atoms with Gasteiger partial charge in [-0.1, -0.05) is 25.8 Å². The van der Waals surface area contributed by atoms with Crippen LogP contribution < -0.4 is 5.32 Å². The van der Waals surface area contributed by atoms with Crippen LogP contribution in [0.15, 0.2) is 21.6 Å². The fraction of sp³-hybridized carbons (Fsp3) is 0.727. The lowest BCUT2D eigenvalue weighted by molar-refractivity contribution is -0.133. The van der Waals surface area contributed by atoms with Gasteiger partial charge >= 0.3 is 0 Å². The van der Waals surface area contributed by atoms with E-state index < -0.39 is 0 Å². The van der Waals surface area contributed by atoms with Gasteiger partial charge in [0.1, 0.15) is 5.84 Å². The minimum atomic E-state index is -0.329. The van der Waals surface area contributed by atoms with E-state index in [4.69, 9.17) is 4.99 Å². The standard InChI is InChI=1S/C22H35N5O2/c1-5-23-22-24-15(4)18-14-16(12-13-19(28)26(6-2)7-3)21(29)27(20(18)25-22)17-10-8-9-11-17/h14,16-17,22-23H,5-13H2,1-4H3. The van der Waals surface area contributed by atoms with Gasteiger partial charge in [0.05, 0.1) is 5.92 Å². The van der Waals surface area contributed by atoms with Crippen LogP contribution in [0, 0.1) is 5.92 Å². The number of carbonyl (C=O) groups excluding carboxylic acids is 2. The monoisotopic (exact) mass is 401 g/mol. The average Bonchev–Trinajstić information content (AvgIpc) is 3.22. The van der Waals surface area contributed by atoms with Gasteiger partial charge in [0.25, 0.3) is 0 Å². The predicted octanol–water partition coefficient (Wildman–Crippen LogP) is 2.73. The van der Waals surface area contributed by atoms with Crippen LogP contribution >= 0.6 is 0 Å². The number of amidine groups is 1. The number of nitrogens with one attached hydrogen (secondary N) is 1. The summed E-state index contributed by atoms with van der Waals surface area (Å²) in [4.78, 5) is 39.2. The van der Waals surface area contributed by atoms with Gasteiger partial charge in [-0.25, -0.2) is 9.98 Å². The van der Waals surface area contributed by atoms with Crippen LogP contribution in [0.5, 0.6) is 0 Å². The van der Waals surface area contributed by atoms with E-state index in [1.54, 1.807) is 0 Å². The van der Waals surface area contributed by atoms with Crippen molar-refractivity contribution in [3.8, 4) is 0 Å². The minimum Gasteiger partial charge on any atom is -0.343 e. The first kappa shape index (κ1) is 21.7. The second-order valence-corrected chi connectivity index (χ2v) is 8.04. The zero-order valence-corrected chi connectivity index (χ0v) is 18.3. The summed E-state index contributed by atoms with van der Waals surface area (Å²) >= 11 is 0.